The van der Waals surface area contributed by atoms with E-state index in [0.717, 1.165) is 29.8 Å². The molecule has 1 atom stereocenters. The van der Waals surface area contributed by atoms with Gasteiger partial charge >= 0.3 is 5.97 Å². The number of nitrogens with zero attached hydrogens (tertiary/aromatic N) is 1. The molecule has 0 radical (unpaired) electrons. The largest absolute Gasteiger partial charge is 0.497 e. The van der Waals surface area contributed by atoms with Gasteiger partial charge in [0.15, 0.2) is 0 Å². The van der Waals surface area contributed by atoms with Crippen LogP contribution in [-0.2, 0) is 9.53 Å². The fourth-order valence-corrected chi connectivity index (χ4v) is 3.60. The van der Waals surface area contributed by atoms with Gasteiger partial charge in [-0.1, -0.05) is 0 Å². The first-order valence-corrected chi connectivity index (χ1v) is 7.62. The second kappa shape index (κ2) is 5.74. The lowest BCUT2D eigenvalue weighted by molar-refractivity contribution is -0.130. The summed E-state index contributed by atoms with van der Waals surface area (Å²) < 4.78 is 10.9. The third-order valence-corrected chi connectivity index (χ3v) is 4.70. The number of hydrogen-bond acceptors (Lipinski definition) is 4. The molecule has 0 spiro atoms. The minimum atomic E-state index is -0.922. The minimum Gasteiger partial charge on any atom is -0.497 e. The highest BCUT2D eigenvalue weighted by Gasteiger charge is 2.37. The lowest BCUT2D eigenvalue weighted by Gasteiger charge is -2.39. The van der Waals surface area contributed by atoms with Gasteiger partial charge in [-0.3, -0.25) is 0 Å². The Kier molecular flexibility index (Phi) is 3.90. The van der Waals surface area contributed by atoms with Crippen molar-refractivity contribution in [2.75, 3.05) is 26.2 Å². The molecule has 122 valence electrons. The van der Waals surface area contributed by atoms with Crippen molar-refractivity contribution in [3.63, 3.8) is 0 Å². The molecular weight excluding hydrogens is 294 g/mol. The molecule has 1 heterocycles. The normalized spacial score (nSPS) is 20.3. The summed E-state index contributed by atoms with van der Waals surface area (Å²) in [6.45, 7) is 2.06. The van der Waals surface area contributed by atoms with E-state index in [4.69, 9.17) is 9.47 Å². The van der Waals surface area contributed by atoms with Crippen LogP contribution in [0.1, 0.15) is 25.3 Å². The summed E-state index contributed by atoms with van der Waals surface area (Å²) in [5.74, 6) is -0.213. The van der Waals surface area contributed by atoms with Crippen molar-refractivity contribution in [3.05, 3.63) is 40.6 Å². The Morgan fingerprint density at radius 1 is 1.35 bits per heavy atom. The maximum atomic E-state index is 12.0. The van der Waals surface area contributed by atoms with E-state index >= 15 is 0 Å². The van der Waals surface area contributed by atoms with Crippen molar-refractivity contribution in [2.24, 2.45) is 0 Å². The van der Waals surface area contributed by atoms with E-state index in [1.165, 1.54) is 5.57 Å². The monoisotopic (exact) mass is 315 g/mol. The zero-order valence-corrected chi connectivity index (χ0v) is 13.8. The molecule has 0 bridgehead atoms. The number of fused-ring (bicyclic) bond motifs is 2. The number of aliphatic carboxylic acids is 1. The van der Waals surface area contributed by atoms with Gasteiger partial charge in [-0.05, 0) is 37.5 Å². The molecule has 23 heavy (non-hydrogen) atoms. The van der Waals surface area contributed by atoms with Crippen molar-refractivity contribution < 1.29 is 19.4 Å². The van der Waals surface area contributed by atoms with E-state index in [9.17, 15) is 9.90 Å². The second-order valence-corrected chi connectivity index (χ2v) is 5.93. The first-order valence-electron chi connectivity index (χ1n) is 7.62. The topological polar surface area (TPSA) is 59.0 Å². The summed E-state index contributed by atoms with van der Waals surface area (Å²) in [6, 6.07) is 5.49. The summed E-state index contributed by atoms with van der Waals surface area (Å²) >= 11 is 0. The molecule has 5 nitrogen and oxygen atoms in total. The van der Waals surface area contributed by atoms with Crippen LogP contribution in [-0.4, -0.2) is 38.4 Å². The number of likely N-dealkylation sites (N-methyl/N-ethyl adjacent to an activating group) is 1. The molecule has 1 N–H and O–H groups in total. The first kappa shape index (κ1) is 15.6. The van der Waals surface area contributed by atoms with Gasteiger partial charge in [-0.15, -0.1) is 0 Å². The number of ether oxygens (including phenoxy) is 2. The van der Waals surface area contributed by atoms with Crippen molar-refractivity contribution in [3.8, 4) is 5.75 Å². The quantitative estimate of drug-likeness (QED) is 0.929. The summed E-state index contributed by atoms with van der Waals surface area (Å²) in [5, 5.41) is 9.85. The van der Waals surface area contributed by atoms with Gasteiger partial charge in [-0.25, -0.2) is 4.79 Å². The maximum Gasteiger partial charge on any atom is 0.336 e. The average molecular weight is 315 g/mol. The Morgan fingerprint density at radius 2 is 2.09 bits per heavy atom. The molecule has 1 aromatic rings. The van der Waals surface area contributed by atoms with Crippen LogP contribution in [0.5, 0.6) is 5.75 Å². The number of carboxylic acids is 1. The Hall–Kier alpha value is -2.27. The van der Waals surface area contributed by atoms with Crippen molar-refractivity contribution in [1.29, 1.82) is 0 Å². The first-order chi connectivity index (χ1) is 11.0. The second-order valence-electron chi connectivity index (χ2n) is 5.93. The number of rotatable bonds is 3. The molecule has 5 heteroatoms. The number of anilines is 1. The number of hydrogen-bond donors (Lipinski definition) is 1. The Labute approximate surface area is 135 Å². The molecule has 2 aliphatic rings. The third kappa shape index (κ3) is 2.32. The lowest BCUT2D eigenvalue weighted by atomic mass is 9.81. The fourth-order valence-electron chi connectivity index (χ4n) is 3.60. The van der Waals surface area contributed by atoms with E-state index in [1.807, 2.05) is 19.2 Å². The van der Waals surface area contributed by atoms with Gasteiger partial charge in [0, 0.05) is 37.1 Å². The van der Waals surface area contributed by atoms with Gasteiger partial charge < -0.3 is 19.5 Å². The SMILES string of the molecule is COc1ccc2c(c1)N(C)C1=C(C)CCC(OC)C1=C2C(=O)O. The number of carboxylic acid groups (broad SMARTS) is 1. The van der Waals surface area contributed by atoms with Gasteiger partial charge in [-0.2, -0.15) is 0 Å². The maximum absolute atomic E-state index is 12.0. The number of benzene rings is 1. The highest BCUT2D eigenvalue weighted by molar-refractivity contribution is 6.20. The van der Waals surface area contributed by atoms with Crippen molar-refractivity contribution >= 4 is 17.2 Å². The third-order valence-electron chi connectivity index (χ3n) is 4.70. The summed E-state index contributed by atoms with van der Waals surface area (Å²) in [4.78, 5) is 14.1. The van der Waals surface area contributed by atoms with Crippen molar-refractivity contribution in [1.82, 2.24) is 0 Å². The van der Waals surface area contributed by atoms with Crippen LogP contribution in [0.4, 0.5) is 5.69 Å². The van der Waals surface area contributed by atoms with E-state index in [-0.39, 0.29) is 6.10 Å². The van der Waals surface area contributed by atoms with E-state index in [2.05, 4.69) is 11.8 Å². The highest BCUT2D eigenvalue weighted by atomic mass is 16.5. The molecule has 1 aliphatic carbocycles. The van der Waals surface area contributed by atoms with Crippen LogP contribution in [0.15, 0.2) is 35.0 Å². The smallest absolute Gasteiger partial charge is 0.336 e. The number of carbonyl (C=O) groups is 1. The zero-order chi connectivity index (χ0) is 16.7. The van der Waals surface area contributed by atoms with Crippen LogP contribution in [0.3, 0.4) is 0 Å². The Morgan fingerprint density at radius 3 is 2.70 bits per heavy atom. The summed E-state index contributed by atoms with van der Waals surface area (Å²) in [5.41, 5.74) is 4.81. The predicted molar refractivity (Wildman–Crippen MR) is 88.7 cm³/mol. The highest BCUT2D eigenvalue weighted by Crippen LogP contribution is 2.46. The molecule has 0 fully saturated rings. The van der Waals surface area contributed by atoms with Gasteiger partial charge in [0.05, 0.1) is 24.5 Å². The molecule has 1 aromatic carbocycles. The Balaban J connectivity index is 2.35. The zero-order valence-electron chi connectivity index (χ0n) is 13.8. The lowest BCUT2D eigenvalue weighted by Crippen LogP contribution is -2.35. The van der Waals surface area contributed by atoms with Crippen LogP contribution >= 0.6 is 0 Å². The number of allylic oxidation sites excluding steroid dienone is 1. The van der Waals surface area contributed by atoms with Crippen LogP contribution < -0.4 is 9.64 Å². The molecule has 3 rings (SSSR count). The minimum absolute atomic E-state index is 0.197. The Bertz CT molecular complexity index is 733. The summed E-state index contributed by atoms with van der Waals surface area (Å²) in [6.07, 6.45) is 1.50. The fraction of sp³-hybridized carbons (Fsp3) is 0.389. The van der Waals surface area contributed by atoms with Crippen molar-refractivity contribution in [2.45, 2.75) is 25.9 Å². The standard InChI is InChI=1S/C18H21NO4/c1-10-5-8-14(23-4)16-15(18(20)21)12-7-6-11(22-3)9-13(12)19(2)17(10)16/h6-7,9,14H,5,8H2,1-4H3,(H,20,21). The molecular formula is C18H21NO4. The molecule has 0 aromatic heterocycles. The molecule has 0 amide bonds. The van der Waals surface area contributed by atoms with Gasteiger partial charge in [0.25, 0.3) is 0 Å². The van der Waals surface area contributed by atoms with Crippen LogP contribution in [0, 0.1) is 0 Å². The molecule has 0 saturated heterocycles. The number of methoxy groups -OCH3 is 2. The average Bonchev–Trinajstić information content (AvgIpc) is 2.54. The van der Waals surface area contributed by atoms with E-state index in [1.54, 1.807) is 20.3 Å². The predicted octanol–water partition coefficient (Wildman–Crippen LogP) is 3.07. The van der Waals surface area contributed by atoms with E-state index < -0.39 is 5.97 Å². The van der Waals surface area contributed by atoms with Crippen LogP contribution in [0.25, 0.3) is 5.57 Å². The van der Waals surface area contributed by atoms with Gasteiger partial charge in [0.1, 0.15) is 5.75 Å². The van der Waals surface area contributed by atoms with Crippen LogP contribution in [0.2, 0.25) is 0 Å². The summed E-state index contributed by atoms with van der Waals surface area (Å²) in [7, 11) is 5.21. The molecule has 0 saturated carbocycles. The molecule has 1 unspecified atom stereocenters. The molecule has 1 aliphatic heterocycles. The van der Waals surface area contributed by atoms with Gasteiger partial charge in [0.2, 0.25) is 0 Å². The van der Waals surface area contributed by atoms with E-state index in [0.29, 0.717) is 16.9 Å².